The summed E-state index contributed by atoms with van der Waals surface area (Å²) in [5.41, 5.74) is 6.36. The minimum Gasteiger partial charge on any atom is -0.542 e. The van der Waals surface area contributed by atoms with Gasteiger partial charge in [0.2, 0.25) is 0 Å². The van der Waals surface area contributed by atoms with Crippen molar-refractivity contribution in [2.24, 2.45) is 0 Å². The smallest absolute Gasteiger partial charge is 0.430 e. The topological polar surface area (TPSA) is 121 Å². The fourth-order valence-corrected chi connectivity index (χ4v) is 12.1. The number of allylic oxidation sites excluding steroid dienone is 5. The number of carboxylic acids is 3. The van der Waals surface area contributed by atoms with Gasteiger partial charge in [0.25, 0.3) is 0 Å². The molecule has 2 heterocycles. The van der Waals surface area contributed by atoms with Gasteiger partial charge in [-0.1, -0.05) is 25.3 Å². The fourth-order valence-electron chi connectivity index (χ4n) is 6.45. The number of carbonyl (C=O) groups is 3. The Balaban J connectivity index is 0.000000591. The quantitative estimate of drug-likeness (QED) is 0.381. The van der Waals surface area contributed by atoms with E-state index in [9.17, 15) is 33.0 Å². The van der Waals surface area contributed by atoms with Crippen LogP contribution in [0.1, 0.15) is 56.7 Å². The Morgan fingerprint density at radius 2 is 1.51 bits per heavy atom. The van der Waals surface area contributed by atoms with Crippen molar-refractivity contribution in [1.82, 2.24) is 0 Å². The fraction of sp³-hybridized carbons (Fsp3) is 0.333. The molecule has 2 aromatic rings. The van der Waals surface area contributed by atoms with Crippen LogP contribution in [0.4, 0.5) is 18.9 Å². The molecular formula is C33H35F3N2O6Si. The summed E-state index contributed by atoms with van der Waals surface area (Å²) in [7, 11) is 6.01. The number of hydrogen-bond acceptors (Lipinski definition) is 5. The SMILES string of the molecule is Cc1cc(C(=O)O)c(C2=C3C=CC(=[N+](C)C)C=C3[Si]3(CCCCC3)c3cc(N(C)C)ccc32)cc1C(=O)O.O=C([O-])C(F)(F)F. The van der Waals surface area contributed by atoms with E-state index in [2.05, 4.69) is 45.9 Å². The number of halogens is 3. The summed E-state index contributed by atoms with van der Waals surface area (Å²) in [6.07, 6.45) is 4.97. The van der Waals surface area contributed by atoms with Crippen LogP contribution in [0.15, 0.2) is 59.3 Å². The molecule has 3 aliphatic rings. The Kier molecular flexibility index (Phi) is 9.29. The number of aromatic carboxylic acids is 2. The van der Waals surface area contributed by atoms with Crippen molar-refractivity contribution in [3.05, 3.63) is 87.1 Å². The summed E-state index contributed by atoms with van der Waals surface area (Å²) in [6, 6.07) is 12.0. The molecule has 238 valence electrons. The third kappa shape index (κ3) is 6.37. The van der Waals surface area contributed by atoms with Crippen molar-refractivity contribution in [3.8, 4) is 0 Å². The number of carbonyl (C=O) groups excluding carboxylic acids is 1. The summed E-state index contributed by atoms with van der Waals surface area (Å²) in [5, 5.41) is 31.7. The number of rotatable bonds is 4. The predicted molar refractivity (Wildman–Crippen MR) is 166 cm³/mol. The van der Waals surface area contributed by atoms with E-state index in [1.54, 1.807) is 13.0 Å². The van der Waals surface area contributed by atoms with E-state index in [1.807, 2.05) is 28.2 Å². The third-order valence-corrected chi connectivity index (χ3v) is 13.9. The van der Waals surface area contributed by atoms with Crippen molar-refractivity contribution in [2.45, 2.75) is 44.5 Å². The number of fused-ring (bicyclic) bond motifs is 4. The highest BCUT2D eigenvalue weighted by Crippen LogP contribution is 2.48. The first kappa shape index (κ1) is 33.4. The van der Waals surface area contributed by atoms with Gasteiger partial charge in [-0.2, -0.15) is 13.2 Å². The predicted octanol–water partition coefficient (Wildman–Crippen LogP) is 4.16. The number of anilines is 1. The van der Waals surface area contributed by atoms with Crippen LogP contribution in [0.25, 0.3) is 5.57 Å². The lowest BCUT2D eigenvalue weighted by molar-refractivity contribution is -0.462. The summed E-state index contributed by atoms with van der Waals surface area (Å²) >= 11 is 0. The van der Waals surface area contributed by atoms with Crippen LogP contribution in [0.5, 0.6) is 0 Å². The maximum Gasteiger partial charge on any atom is 0.430 e. The van der Waals surface area contributed by atoms with E-state index in [1.165, 1.54) is 35.7 Å². The zero-order valence-electron chi connectivity index (χ0n) is 25.7. The standard InChI is InChI=1S/C31H34N2O4Si.C2HF3O2/c1-19-15-26(31(36)37)25(18-24(19)30(34)35)29-22-11-9-20(32(2)3)16-27(22)38(13-7-6-8-14-38)28-17-21(33(4)5)10-12-23(28)29;3-2(4,5)1(6)7/h9-12,15-18H,6-8,13-14H2,1-5H3,(H-,34,35,36,37);(H,6,7). The molecule has 0 aromatic heterocycles. The largest absolute Gasteiger partial charge is 0.542 e. The molecule has 5 rings (SSSR count). The first-order valence-corrected chi connectivity index (χ1v) is 16.8. The second-order valence-corrected chi connectivity index (χ2v) is 16.1. The average Bonchev–Trinajstić information content (AvgIpc) is 2.97. The normalized spacial score (nSPS) is 16.6. The Hall–Kier alpha value is -4.45. The van der Waals surface area contributed by atoms with Gasteiger partial charge in [0.1, 0.15) is 28.1 Å². The van der Waals surface area contributed by atoms with Crippen LogP contribution >= 0.6 is 0 Å². The molecule has 12 heteroatoms. The molecule has 0 radical (unpaired) electrons. The summed E-state index contributed by atoms with van der Waals surface area (Å²) < 4.78 is 33.7. The highest BCUT2D eigenvalue weighted by atomic mass is 28.3. The molecule has 1 spiro atoms. The van der Waals surface area contributed by atoms with Crippen molar-refractivity contribution in [3.63, 3.8) is 0 Å². The zero-order chi connectivity index (χ0) is 33.4. The Morgan fingerprint density at radius 1 is 0.911 bits per heavy atom. The van der Waals surface area contributed by atoms with Crippen LogP contribution < -0.4 is 15.2 Å². The molecule has 0 unspecified atom stereocenters. The molecule has 1 saturated heterocycles. The highest BCUT2D eigenvalue weighted by molar-refractivity contribution is 7.00. The van der Waals surface area contributed by atoms with Gasteiger partial charge in [-0.05, 0) is 87.6 Å². The number of aliphatic carboxylic acids is 1. The molecule has 0 amide bonds. The maximum absolute atomic E-state index is 12.5. The second-order valence-electron chi connectivity index (χ2n) is 11.9. The van der Waals surface area contributed by atoms with Gasteiger partial charge < -0.3 is 25.0 Å². The number of aryl methyl sites for hydroxylation is 1. The molecule has 1 fully saturated rings. The Bertz CT molecular complexity index is 1710. The van der Waals surface area contributed by atoms with E-state index in [4.69, 9.17) is 9.90 Å². The van der Waals surface area contributed by atoms with Crippen LogP contribution in [0, 0.1) is 6.92 Å². The maximum atomic E-state index is 12.5. The molecule has 8 nitrogen and oxygen atoms in total. The van der Waals surface area contributed by atoms with Crippen molar-refractivity contribution >= 4 is 48.1 Å². The van der Waals surface area contributed by atoms with Crippen molar-refractivity contribution < 1.29 is 47.4 Å². The Morgan fingerprint density at radius 3 is 2.02 bits per heavy atom. The van der Waals surface area contributed by atoms with Gasteiger partial charge in [0, 0.05) is 31.9 Å². The number of nitrogens with zero attached hydrogens (tertiary/aromatic N) is 2. The zero-order valence-corrected chi connectivity index (χ0v) is 26.7. The number of carboxylic acid groups (broad SMARTS) is 3. The van der Waals surface area contributed by atoms with Crippen LogP contribution in [0.2, 0.25) is 12.1 Å². The molecule has 2 aromatic carbocycles. The molecule has 0 atom stereocenters. The minimum absolute atomic E-state index is 0.130. The average molecular weight is 641 g/mol. The third-order valence-electron chi connectivity index (χ3n) is 8.64. The first-order valence-electron chi connectivity index (χ1n) is 14.4. The molecule has 0 bridgehead atoms. The molecule has 0 saturated carbocycles. The number of alkyl halides is 3. The van der Waals surface area contributed by atoms with Crippen LogP contribution in [0.3, 0.4) is 0 Å². The lowest BCUT2D eigenvalue weighted by Crippen LogP contribution is -2.55. The minimum atomic E-state index is -5.19. The summed E-state index contributed by atoms with van der Waals surface area (Å²) in [4.78, 5) is 35.6. The van der Waals surface area contributed by atoms with Crippen molar-refractivity contribution in [2.75, 3.05) is 33.1 Å². The van der Waals surface area contributed by atoms with Gasteiger partial charge in [-0.15, -0.1) is 0 Å². The Labute approximate surface area is 260 Å². The molecular weight excluding hydrogens is 605 g/mol. The van der Waals surface area contributed by atoms with Gasteiger partial charge in [-0.25, -0.2) is 14.2 Å². The summed E-state index contributed by atoms with van der Waals surface area (Å²) in [5.74, 6) is -5.12. The van der Waals surface area contributed by atoms with E-state index >= 15 is 0 Å². The molecule has 45 heavy (non-hydrogen) atoms. The van der Waals surface area contributed by atoms with Gasteiger partial charge in [-0.3, -0.25) is 0 Å². The lowest BCUT2D eigenvalue weighted by Gasteiger charge is -2.45. The summed E-state index contributed by atoms with van der Waals surface area (Å²) in [6.45, 7) is 1.66. The highest BCUT2D eigenvalue weighted by Gasteiger charge is 2.48. The first-order chi connectivity index (χ1) is 21.0. The lowest BCUT2D eigenvalue weighted by atomic mass is 9.85. The molecule has 1 aliphatic carbocycles. The van der Waals surface area contributed by atoms with Crippen LogP contribution in [-0.2, 0) is 4.79 Å². The second kappa shape index (κ2) is 12.5. The monoisotopic (exact) mass is 640 g/mol. The number of benzene rings is 2. The van der Waals surface area contributed by atoms with E-state index in [0.717, 1.165) is 40.2 Å². The van der Waals surface area contributed by atoms with Gasteiger partial charge >= 0.3 is 18.1 Å². The van der Waals surface area contributed by atoms with Crippen LogP contribution in [-0.4, -0.2) is 80.8 Å². The van der Waals surface area contributed by atoms with Gasteiger partial charge in [0.05, 0.1) is 11.1 Å². The molecule has 2 N–H and O–H groups in total. The number of hydrogen-bond donors (Lipinski definition) is 2. The van der Waals surface area contributed by atoms with E-state index in [0.29, 0.717) is 11.1 Å². The van der Waals surface area contributed by atoms with E-state index in [-0.39, 0.29) is 11.1 Å². The van der Waals surface area contributed by atoms with E-state index < -0.39 is 32.2 Å². The van der Waals surface area contributed by atoms with Gasteiger partial charge in [0.15, 0.2) is 5.71 Å². The molecule has 2 aliphatic heterocycles. The van der Waals surface area contributed by atoms with Crippen molar-refractivity contribution in [1.29, 1.82) is 0 Å².